The number of hydrogen-bond donors (Lipinski definition) is 0. The van der Waals surface area contributed by atoms with Gasteiger partial charge in [0.2, 0.25) is 0 Å². The number of methoxy groups -OCH3 is 3. The fraction of sp³-hybridized carbons (Fsp3) is 0.351. The third-order valence-corrected chi connectivity index (χ3v) is 9.93. The van der Waals surface area contributed by atoms with E-state index in [9.17, 15) is 9.59 Å². The van der Waals surface area contributed by atoms with Gasteiger partial charge in [-0.05, 0) is 67.2 Å². The van der Waals surface area contributed by atoms with Crippen molar-refractivity contribution >= 4 is 41.0 Å². The minimum Gasteiger partial charge on any atom is -0.870 e. The number of benzene rings is 2. The lowest BCUT2D eigenvalue weighted by Crippen LogP contribution is -2.53. The summed E-state index contributed by atoms with van der Waals surface area (Å²) in [7, 11) is 4.63. The van der Waals surface area contributed by atoms with Gasteiger partial charge < -0.3 is 29.2 Å². The molecule has 0 saturated carbocycles. The molecule has 2 aromatic heterocycles. The van der Waals surface area contributed by atoms with Crippen LogP contribution in [-0.2, 0) is 22.4 Å². The van der Waals surface area contributed by atoms with E-state index >= 15 is 0 Å². The van der Waals surface area contributed by atoms with E-state index in [1.165, 1.54) is 7.11 Å². The van der Waals surface area contributed by atoms with E-state index in [-0.39, 0.29) is 24.5 Å². The van der Waals surface area contributed by atoms with Crippen molar-refractivity contribution in [3.8, 4) is 17.2 Å². The van der Waals surface area contributed by atoms with Crippen molar-refractivity contribution in [1.82, 2.24) is 9.88 Å². The second-order valence-electron chi connectivity index (χ2n) is 12.3. The van der Waals surface area contributed by atoms with Gasteiger partial charge in [-0.1, -0.05) is 41.4 Å². The van der Waals surface area contributed by atoms with Gasteiger partial charge in [-0.2, -0.15) is 0 Å². The van der Waals surface area contributed by atoms with Crippen LogP contribution in [-0.4, -0.2) is 74.5 Å². The number of aromatic nitrogens is 2. The molecule has 0 unspecified atom stereocenters. The van der Waals surface area contributed by atoms with E-state index in [1.54, 1.807) is 92.4 Å². The fourth-order valence-electron chi connectivity index (χ4n) is 6.43. The maximum absolute atomic E-state index is 13.7. The molecule has 3 saturated heterocycles. The van der Waals surface area contributed by atoms with Crippen molar-refractivity contribution in [2.45, 2.75) is 38.0 Å². The number of rotatable bonds is 12. The number of amides is 1. The van der Waals surface area contributed by atoms with Crippen LogP contribution >= 0.6 is 23.2 Å². The zero-order valence-corrected chi connectivity index (χ0v) is 30.0. The van der Waals surface area contributed by atoms with E-state index in [0.29, 0.717) is 55.6 Å². The zero-order chi connectivity index (χ0) is 35.2. The molecule has 0 aliphatic carbocycles. The molecule has 3 fully saturated rings. The van der Waals surface area contributed by atoms with Crippen LogP contribution in [0.1, 0.15) is 46.0 Å². The first-order valence-corrected chi connectivity index (χ1v) is 17.1. The number of fused-ring (bicyclic) bond motifs is 3. The molecule has 12 nitrogen and oxygen atoms in total. The number of nitrogens with zero attached hydrogens (tertiary/aromatic N) is 3. The van der Waals surface area contributed by atoms with E-state index < -0.39 is 18.2 Å². The molecular weight excluding hydrogens is 699 g/mol. The predicted molar refractivity (Wildman–Crippen MR) is 189 cm³/mol. The highest BCUT2D eigenvalue weighted by Gasteiger charge is 2.37. The molecule has 0 spiro atoms. The summed E-state index contributed by atoms with van der Waals surface area (Å²) in [5.41, 5.74) is 2.91. The second kappa shape index (κ2) is 17.1. The number of halogens is 2. The molecule has 1 amide bonds. The summed E-state index contributed by atoms with van der Waals surface area (Å²) in [6, 6.07) is 14.0. The van der Waals surface area contributed by atoms with Crippen LogP contribution in [0.15, 0.2) is 73.3 Å². The average Bonchev–Trinajstić information content (AvgIpc) is 3.15. The Morgan fingerprint density at radius 2 is 1.65 bits per heavy atom. The first kappa shape index (κ1) is 37.6. The Morgan fingerprint density at radius 3 is 2.27 bits per heavy atom. The fourth-order valence-corrected chi connectivity index (χ4v) is 6.96. The standard InChI is InChI=1S/C37H38Cl2N4O7.H2O/c1-46-28-15-27(17-40-18-28)43(37(45)50-35-22-42-12-10-24(35)11-13-42)21-23-4-6-25(7-5-23)36(44)49-33(16-29-30(38)19-41-20-31(29)39)26-8-9-32(47-2)34(14-26)48-3;/h4-9,14-15,17-20,24,33,35H,10-13,16,21-22H2,1-3H3;1H2/t33-,35-;/m0./s1. The Bertz CT molecular complexity index is 1800. The van der Waals surface area contributed by atoms with E-state index in [0.717, 1.165) is 38.0 Å². The van der Waals surface area contributed by atoms with Crippen molar-refractivity contribution in [3.05, 3.63) is 106 Å². The lowest BCUT2D eigenvalue weighted by atomic mass is 9.86. The Kier molecular flexibility index (Phi) is 12.6. The number of H-pyrrole nitrogens is 1. The van der Waals surface area contributed by atoms with Gasteiger partial charge in [0.25, 0.3) is 0 Å². The van der Waals surface area contributed by atoms with Crippen molar-refractivity contribution in [3.63, 3.8) is 0 Å². The van der Waals surface area contributed by atoms with Crippen LogP contribution in [0.2, 0.25) is 10.0 Å². The van der Waals surface area contributed by atoms with Gasteiger partial charge in [-0.3, -0.25) is 14.8 Å². The van der Waals surface area contributed by atoms with Gasteiger partial charge in [0.15, 0.2) is 23.9 Å². The lowest BCUT2D eigenvalue weighted by Gasteiger charge is -2.44. The number of esters is 1. The monoisotopic (exact) mass is 738 g/mol. The number of pyridine rings is 2. The predicted octanol–water partition coefficient (Wildman–Crippen LogP) is 6.43. The number of nitrogens with one attached hydrogen (secondary N) is 1. The molecular formula is C37H40Cl2N4O8. The van der Waals surface area contributed by atoms with Gasteiger partial charge >= 0.3 is 12.1 Å². The van der Waals surface area contributed by atoms with Crippen molar-refractivity contribution in [1.29, 1.82) is 0 Å². The minimum atomic E-state index is -0.767. The highest BCUT2D eigenvalue weighted by atomic mass is 35.5. The SMILES string of the molecule is COc1cncc(N(Cc2ccc(C(=O)O[C@@H](Cc3c(Cl)c[nH+]cc3Cl)c3ccc(OC)c(OC)c3)cc2)C(=O)O[C@H]2CN3CCC2CC3)c1.[OH-]. The molecule has 2 bridgehead atoms. The first-order chi connectivity index (χ1) is 24.3. The zero-order valence-electron chi connectivity index (χ0n) is 28.5. The van der Waals surface area contributed by atoms with Crippen molar-refractivity contribution in [2.75, 3.05) is 45.9 Å². The van der Waals surface area contributed by atoms with Crippen LogP contribution < -0.4 is 24.1 Å². The van der Waals surface area contributed by atoms with E-state index in [2.05, 4.69) is 14.9 Å². The summed E-state index contributed by atoms with van der Waals surface area (Å²) < 4.78 is 28.5. The van der Waals surface area contributed by atoms with Gasteiger partial charge in [0, 0.05) is 24.6 Å². The average molecular weight is 740 g/mol. The van der Waals surface area contributed by atoms with E-state index in [1.807, 2.05) is 0 Å². The van der Waals surface area contributed by atoms with Gasteiger partial charge in [-0.15, -0.1) is 0 Å². The summed E-state index contributed by atoms with van der Waals surface area (Å²) >= 11 is 13.0. The number of ether oxygens (including phenoxy) is 5. The summed E-state index contributed by atoms with van der Waals surface area (Å²) in [4.78, 5) is 38.4. The number of hydrogen-bond acceptors (Lipinski definition) is 10. The van der Waals surface area contributed by atoms with Crippen LogP contribution in [0, 0.1) is 5.92 Å². The van der Waals surface area contributed by atoms with Crippen LogP contribution in [0.25, 0.3) is 0 Å². The van der Waals surface area contributed by atoms with Gasteiger partial charge in [-0.25, -0.2) is 14.6 Å². The quantitative estimate of drug-likeness (QED) is 0.149. The first-order valence-electron chi connectivity index (χ1n) is 16.3. The number of carbonyl (C=O) groups is 2. The smallest absolute Gasteiger partial charge is 0.414 e. The highest BCUT2D eigenvalue weighted by molar-refractivity contribution is 6.35. The van der Waals surface area contributed by atoms with Crippen molar-refractivity contribution < 1.29 is 43.7 Å². The topological polar surface area (TPSA) is 144 Å². The summed E-state index contributed by atoms with van der Waals surface area (Å²) in [6.45, 7) is 3.00. The molecule has 270 valence electrons. The molecule has 5 heterocycles. The molecule has 0 radical (unpaired) electrons. The molecule has 2 atom stereocenters. The largest absolute Gasteiger partial charge is 0.870 e. The van der Waals surface area contributed by atoms with E-state index in [4.69, 9.17) is 46.9 Å². The maximum Gasteiger partial charge on any atom is 0.414 e. The molecule has 51 heavy (non-hydrogen) atoms. The molecule has 3 aliphatic heterocycles. The molecule has 2 aromatic carbocycles. The molecule has 2 N–H and O–H groups in total. The number of anilines is 1. The Labute approximate surface area is 306 Å². The van der Waals surface area contributed by atoms with Crippen LogP contribution in [0.5, 0.6) is 17.2 Å². The molecule has 14 heteroatoms. The highest BCUT2D eigenvalue weighted by Crippen LogP contribution is 2.36. The van der Waals surface area contributed by atoms with Gasteiger partial charge in [0.1, 0.15) is 28.0 Å². The van der Waals surface area contributed by atoms with Crippen LogP contribution in [0.4, 0.5) is 10.5 Å². The summed E-state index contributed by atoms with van der Waals surface area (Å²) in [6.07, 6.45) is 7.27. The number of carbonyl (C=O) groups excluding carboxylic acids is 2. The minimum absolute atomic E-state index is 0. The molecule has 4 aromatic rings. The second-order valence-corrected chi connectivity index (χ2v) is 13.1. The third-order valence-electron chi connectivity index (χ3n) is 9.26. The normalized spacial score (nSPS) is 18.2. The lowest BCUT2D eigenvalue weighted by molar-refractivity contribution is -0.377. The molecule has 7 rings (SSSR count). The van der Waals surface area contributed by atoms with Crippen LogP contribution in [0.3, 0.4) is 0 Å². The Morgan fingerprint density at radius 1 is 0.941 bits per heavy atom. The van der Waals surface area contributed by atoms with Gasteiger partial charge in [0.05, 0.1) is 51.5 Å². The van der Waals surface area contributed by atoms with Crippen molar-refractivity contribution in [2.24, 2.45) is 5.92 Å². The third kappa shape index (κ3) is 8.82. The molecule has 3 aliphatic rings. The number of aromatic amines is 1. The maximum atomic E-state index is 13.7. The Hall–Kier alpha value is -4.62. The summed E-state index contributed by atoms with van der Waals surface area (Å²) in [5.74, 6) is 1.34. The Balaban J connectivity index is 0.00000504. The number of piperidine rings is 3. The summed E-state index contributed by atoms with van der Waals surface area (Å²) in [5, 5.41) is 0.817.